The van der Waals surface area contributed by atoms with Crippen molar-refractivity contribution in [1.82, 2.24) is 0 Å². The summed E-state index contributed by atoms with van der Waals surface area (Å²) in [5.41, 5.74) is 1.75. The number of rotatable bonds is 5. The van der Waals surface area contributed by atoms with E-state index in [1.54, 1.807) is 23.5 Å². The third-order valence-corrected chi connectivity index (χ3v) is 3.71. The minimum absolute atomic E-state index is 0.00458. The number of aliphatic carboxylic acids is 2. The third-order valence-electron chi connectivity index (χ3n) is 2.80. The van der Waals surface area contributed by atoms with Gasteiger partial charge in [-0.3, -0.25) is 9.59 Å². The lowest BCUT2D eigenvalue weighted by Gasteiger charge is -2.07. The van der Waals surface area contributed by atoms with Gasteiger partial charge in [-0.1, -0.05) is 30.3 Å². The summed E-state index contributed by atoms with van der Waals surface area (Å²) in [4.78, 5) is 22.8. The molecule has 0 amide bonds. The molecule has 2 aromatic rings. The molecule has 19 heavy (non-hydrogen) atoms. The van der Waals surface area contributed by atoms with Crippen LogP contribution < -0.4 is 0 Å². The lowest BCUT2D eigenvalue weighted by atomic mass is 9.98. The molecular formula is C14H12O4S. The van der Waals surface area contributed by atoms with Crippen LogP contribution in [0.3, 0.4) is 0 Å². The van der Waals surface area contributed by atoms with Crippen molar-refractivity contribution in [3.8, 4) is 10.4 Å². The zero-order valence-electron chi connectivity index (χ0n) is 9.95. The van der Waals surface area contributed by atoms with E-state index in [4.69, 9.17) is 10.2 Å². The van der Waals surface area contributed by atoms with Crippen molar-refractivity contribution in [3.05, 3.63) is 47.3 Å². The quantitative estimate of drug-likeness (QED) is 0.823. The van der Waals surface area contributed by atoms with Crippen molar-refractivity contribution in [3.63, 3.8) is 0 Å². The molecule has 0 aliphatic heterocycles. The van der Waals surface area contributed by atoms with Gasteiger partial charge in [-0.25, -0.2) is 0 Å². The molecule has 0 aliphatic carbocycles. The Bertz CT molecular complexity index is 558. The molecule has 0 saturated carbocycles. The highest BCUT2D eigenvalue weighted by molar-refractivity contribution is 7.13. The van der Waals surface area contributed by atoms with Gasteiger partial charge in [0, 0.05) is 4.88 Å². The van der Waals surface area contributed by atoms with E-state index in [9.17, 15) is 9.59 Å². The highest BCUT2D eigenvalue weighted by atomic mass is 32.1. The van der Waals surface area contributed by atoms with E-state index < -0.39 is 17.9 Å². The first-order valence-electron chi connectivity index (χ1n) is 5.66. The predicted molar refractivity (Wildman–Crippen MR) is 72.2 cm³/mol. The molecular weight excluding hydrogens is 264 g/mol. The van der Waals surface area contributed by atoms with Gasteiger partial charge >= 0.3 is 11.9 Å². The molecule has 0 fully saturated rings. The Morgan fingerprint density at radius 2 is 1.68 bits per heavy atom. The van der Waals surface area contributed by atoms with Gasteiger partial charge in [0.05, 0.1) is 0 Å². The predicted octanol–water partition coefficient (Wildman–Crippen LogP) is 2.74. The molecule has 1 aromatic heterocycles. The van der Waals surface area contributed by atoms with Crippen molar-refractivity contribution in [2.75, 3.05) is 0 Å². The fraction of sp³-hybridized carbons (Fsp3) is 0.143. The van der Waals surface area contributed by atoms with Gasteiger partial charge < -0.3 is 10.2 Å². The summed E-state index contributed by atoms with van der Waals surface area (Å²) in [6.45, 7) is 0. The summed E-state index contributed by atoms with van der Waals surface area (Å²) in [5, 5.41) is 19.6. The number of carbonyl (C=O) groups is 2. The van der Waals surface area contributed by atoms with E-state index in [1.807, 2.05) is 29.6 Å². The second-order valence-corrected chi connectivity index (χ2v) is 5.06. The summed E-state index contributed by atoms with van der Waals surface area (Å²) in [5.74, 6) is -4.02. The van der Waals surface area contributed by atoms with Crippen LogP contribution in [0, 0.1) is 5.92 Å². The van der Waals surface area contributed by atoms with Crippen molar-refractivity contribution >= 4 is 23.3 Å². The van der Waals surface area contributed by atoms with Gasteiger partial charge in [0.25, 0.3) is 0 Å². The topological polar surface area (TPSA) is 74.6 Å². The summed E-state index contributed by atoms with van der Waals surface area (Å²) >= 11 is 1.62. The monoisotopic (exact) mass is 276 g/mol. The Balaban J connectivity index is 2.15. The van der Waals surface area contributed by atoms with Gasteiger partial charge in [0.1, 0.15) is 0 Å². The Labute approximate surface area is 114 Å². The van der Waals surface area contributed by atoms with Crippen LogP contribution >= 0.6 is 11.3 Å². The van der Waals surface area contributed by atoms with Crippen molar-refractivity contribution in [2.24, 2.45) is 5.92 Å². The Kier molecular flexibility index (Phi) is 3.97. The second-order valence-electron chi connectivity index (χ2n) is 4.11. The maximum atomic E-state index is 10.8. The fourth-order valence-corrected chi connectivity index (χ4v) is 2.50. The van der Waals surface area contributed by atoms with Crippen LogP contribution in [-0.4, -0.2) is 22.2 Å². The number of hydrogen-bond acceptors (Lipinski definition) is 3. The first-order valence-corrected chi connectivity index (χ1v) is 6.54. The van der Waals surface area contributed by atoms with Crippen LogP contribution in [0.4, 0.5) is 0 Å². The minimum Gasteiger partial charge on any atom is -0.481 e. The molecule has 0 atom stereocenters. The van der Waals surface area contributed by atoms with E-state index in [-0.39, 0.29) is 6.42 Å². The number of carboxylic acids is 2. The maximum absolute atomic E-state index is 10.8. The van der Waals surface area contributed by atoms with Gasteiger partial charge in [-0.15, -0.1) is 11.3 Å². The van der Waals surface area contributed by atoms with Gasteiger partial charge in [-0.05, 0) is 29.0 Å². The molecule has 5 heteroatoms. The smallest absolute Gasteiger partial charge is 0.318 e. The summed E-state index contributed by atoms with van der Waals surface area (Å²) < 4.78 is 0. The molecule has 1 aromatic carbocycles. The first kappa shape index (κ1) is 13.3. The highest BCUT2D eigenvalue weighted by Crippen LogP contribution is 2.25. The molecule has 0 bridgehead atoms. The van der Waals surface area contributed by atoms with Crippen molar-refractivity contribution in [1.29, 1.82) is 0 Å². The molecule has 4 nitrogen and oxygen atoms in total. The minimum atomic E-state index is -1.40. The second kappa shape index (κ2) is 5.67. The Morgan fingerprint density at radius 3 is 2.16 bits per heavy atom. The Morgan fingerprint density at radius 1 is 1.05 bits per heavy atom. The van der Waals surface area contributed by atoms with E-state index in [1.165, 1.54) is 0 Å². The molecule has 0 radical (unpaired) electrons. The number of hydrogen-bond donors (Lipinski definition) is 2. The molecule has 1 heterocycles. The average molecular weight is 276 g/mol. The molecule has 0 aliphatic rings. The van der Waals surface area contributed by atoms with E-state index >= 15 is 0 Å². The van der Waals surface area contributed by atoms with Crippen LogP contribution in [0.25, 0.3) is 10.4 Å². The Hall–Kier alpha value is -2.14. The van der Waals surface area contributed by atoms with Crippen molar-refractivity contribution < 1.29 is 19.8 Å². The first-order chi connectivity index (χ1) is 9.08. The highest BCUT2D eigenvalue weighted by Gasteiger charge is 2.25. The average Bonchev–Trinajstić information content (AvgIpc) is 2.89. The normalized spacial score (nSPS) is 10.6. The van der Waals surface area contributed by atoms with E-state index in [0.717, 1.165) is 10.4 Å². The molecule has 2 N–H and O–H groups in total. The number of carboxylic acid groups (broad SMARTS) is 2. The van der Waals surface area contributed by atoms with Crippen LogP contribution in [0.2, 0.25) is 0 Å². The van der Waals surface area contributed by atoms with Gasteiger partial charge in [-0.2, -0.15) is 0 Å². The summed E-state index contributed by atoms with van der Waals surface area (Å²) in [6, 6.07) is 11.3. The fourth-order valence-electron chi connectivity index (χ4n) is 1.76. The van der Waals surface area contributed by atoms with Crippen molar-refractivity contribution in [2.45, 2.75) is 6.42 Å². The molecule has 0 unspecified atom stereocenters. The zero-order chi connectivity index (χ0) is 13.8. The third kappa shape index (κ3) is 3.20. The van der Waals surface area contributed by atoms with Crippen LogP contribution in [0.5, 0.6) is 0 Å². The molecule has 2 rings (SSSR count). The van der Waals surface area contributed by atoms with Gasteiger partial charge in [0.15, 0.2) is 5.92 Å². The lowest BCUT2D eigenvalue weighted by Crippen LogP contribution is -2.25. The van der Waals surface area contributed by atoms with Crippen LogP contribution in [0.15, 0.2) is 41.8 Å². The largest absolute Gasteiger partial charge is 0.481 e. The van der Waals surface area contributed by atoms with E-state index in [2.05, 4.69) is 0 Å². The number of benzene rings is 1. The van der Waals surface area contributed by atoms with Crippen LogP contribution in [-0.2, 0) is 16.0 Å². The number of thiophene rings is 1. The molecule has 0 spiro atoms. The molecule has 98 valence electrons. The van der Waals surface area contributed by atoms with E-state index in [0.29, 0.717) is 5.56 Å². The summed E-state index contributed by atoms with van der Waals surface area (Å²) in [6.07, 6.45) is -0.00458. The van der Waals surface area contributed by atoms with Crippen LogP contribution in [0.1, 0.15) is 5.56 Å². The SMILES string of the molecule is O=C(O)C(Cc1ccc(-c2cccs2)cc1)C(=O)O. The standard InChI is InChI=1S/C14H12O4S/c15-13(16)11(14(17)18)8-9-3-5-10(6-4-9)12-2-1-7-19-12/h1-7,11H,8H2,(H,15,16)(H,17,18). The molecule has 0 saturated heterocycles. The lowest BCUT2D eigenvalue weighted by molar-refractivity contribution is -0.154. The summed E-state index contributed by atoms with van der Waals surface area (Å²) in [7, 11) is 0. The van der Waals surface area contributed by atoms with Gasteiger partial charge in [0.2, 0.25) is 0 Å². The zero-order valence-corrected chi connectivity index (χ0v) is 10.8. The maximum Gasteiger partial charge on any atom is 0.318 e.